The molecule has 4 nitrogen and oxygen atoms in total. The summed E-state index contributed by atoms with van der Waals surface area (Å²) in [5, 5.41) is 10.1. The molecule has 0 radical (unpaired) electrons. The van der Waals surface area contributed by atoms with E-state index >= 15 is 0 Å². The number of benzene rings is 1. The molecule has 0 aliphatic carbocycles. The second-order valence-corrected chi connectivity index (χ2v) is 6.13. The van der Waals surface area contributed by atoms with Gasteiger partial charge >= 0.3 is 0 Å². The summed E-state index contributed by atoms with van der Waals surface area (Å²) in [6, 6.07) is 10.7. The largest absolute Gasteiger partial charge is 0.389 e. The SMILES string of the molecule is CN1CCC(N(C)CC(O)COCc2ccccc2)CC1. The van der Waals surface area contributed by atoms with Crippen LogP contribution in [0.1, 0.15) is 18.4 Å². The van der Waals surface area contributed by atoms with Gasteiger partial charge in [-0.2, -0.15) is 0 Å². The molecule has 1 aromatic rings. The maximum absolute atomic E-state index is 10.1. The van der Waals surface area contributed by atoms with Crippen LogP contribution in [0.4, 0.5) is 0 Å². The van der Waals surface area contributed by atoms with E-state index in [4.69, 9.17) is 4.74 Å². The van der Waals surface area contributed by atoms with Crippen molar-refractivity contribution in [2.75, 3.05) is 40.3 Å². The number of nitrogens with zero attached hydrogens (tertiary/aromatic N) is 2. The van der Waals surface area contributed by atoms with Crippen molar-refractivity contribution in [2.45, 2.75) is 31.6 Å². The van der Waals surface area contributed by atoms with Crippen molar-refractivity contribution in [2.24, 2.45) is 0 Å². The van der Waals surface area contributed by atoms with Crippen LogP contribution in [0.3, 0.4) is 0 Å². The fourth-order valence-corrected chi connectivity index (χ4v) is 2.86. The smallest absolute Gasteiger partial charge is 0.0900 e. The molecule has 0 spiro atoms. The Morgan fingerprint density at radius 3 is 2.62 bits per heavy atom. The Balaban J connectivity index is 1.63. The highest BCUT2D eigenvalue weighted by Crippen LogP contribution is 2.14. The molecule has 118 valence electrons. The molecule has 1 atom stereocenters. The maximum atomic E-state index is 10.1. The molecule has 2 rings (SSSR count). The van der Waals surface area contributed by atoms with Crippen molar-refractivity contribution < 1.29 is 9.84 Å². The van der Waals surface area contributed by atoms with Crippen LogP contribution in [-0.2, 0) is 11.3 Å². The highest BCUT2D eigenvalue weighted by molar-refractivity contribution is 5.13. The lowest BCUT2D eigenvalue weighted by atomic mass is 10.0. The molecule has 1 aliphatic heterocycles. The first-order valence-corrected chi connectivity index (χ1v) is 7.83. The van der Waals surface area contributed by atoms with Gasteiger partial charge in [0.2, 0.25) is 0 Å². The molecule has 1 fully saturated rings. The van der Waals surface area contributed by atoms with Crippen LogP contribution in [-0.4, -0.2) is 67.4 Å². The minimum atomic E-state index is -0.418. The molecule has 1 N–H and O–H groups in total. The Labute approximate surface area is 128 Å². The first-order chi connectivity index (χ1) is 10.1. The second-order valence-electron chi connectivity index (χ2n) is 6.13. The maximum Gasteiger partial charge on any atom is 0.0900 e. The molecule has 21 heavy (non-hydrogen) atoms. The van der Waals surface area contributed by atoms with Crippen LogP contribution in [0.25, 0.3) is 0 Å². The predicted molar refractivity (Wildman–Crippen MR) is 85.3 cm³/mol. The number of hydrogen-bond donors (Lipinski definition) is 1. The van der Waals surface area contributed by atoms with Gasteiger partial charge in [0.1, 0.15) is 0 Å². The summed E-state index contributed by atoms with van der Waals surface area (Å²) < 4.78 is 5.60. The zero-order valence-corrected chi connectivity index (χ0v) is 13.2. The summed E-state index contributed by atoms with van der Waals surface area (Å²) in [6.07, 6.45) is 1.95. The molecule has 1 heterocycles. The Hall–Kier alpha value is -0.940. The molecular weight excluding hydrogens is 264 g/mol. The summed E-state index contributed by atoms with van der Waals surface area (Å²) >= 11 is 0. The molecule has 1 unspecified atom stereocenters. The van der Waals surface area contributed by atoms with Gasteiger partial charge in [-0.05, 0) is 45.6 Å². The summed E-state index contributed by atoms with van der Waals surface area (Å²) in [4.78, 5) is 4.65. The van der Waals surface area contributed by atoms with E-state index in [1.54, 1.807) is 0 Å². The Morgan fingerprint density at radius 2 is 1.95 bits per heavy atom. The summed E-state index contributed by atoms with van der Waals surface area (Å²) in [5.41, 5.74) is 1.15. The first-order valence-electron chi connectivity index (χ1n) is 7.83. The van der Waals surface area contributed by atoms with Gasteiger partial charge < -0.3 is 19.6 Å². The van der Waals surface area contributed by atoms with E-state index in [0.717, 1.165) is 18.7 Å². The van der Waals surface area contributed by atoms with E-state index in [-0.39, 0.29) is 0 Å². The van der Waals surface area contributed by atoms with Gasteiger partial charge in [0.15, 0.2) is 0 Å². The Kier molecular flexibility index (Phi) is 6.64. The zero-order chi connectivity index (χ0) is 15.1. The third-order valence-corrected chi connectivity index (χ3v) is 4.23. The van der Waals surface area contributed by atoms with Crippen molar-refractivity contribution in [3.05, 3.63) is 35.9 Å². The van der Waals surface area contributed by atoms with Gasteiger partial charge in [0, 0.05) is 12.6 Å². The Bertz CT molecular complexity index is 391. The number of aliphatic hydroxyl groups is 1. The van der Waals surface area contributed by atoms with Gasteiger partial charge in [-0.3, -0.25) is 0 Å². The van der Waals surface area contributed by atoms with Crippen LogP contribution < -0.4 is 0 Å². The van der Waals surface area contributed by atoms with Gasteiger partial charge in [0.05, 0.1) is 19.3 Å². The minimum absolute atomic E-state index is 0.395. The first kappa shape index (κ1) is 16.4. The monoisotopic (exact) mass is 292 g/mol. The fraction of sp³-hybridized carbons (Fsp3) is 0.647. The second kappa shape index (κ2) is 8.49. The summed E-state index contributed by atoms with van der Waals surface area (Å²) in [7, 11) is 4.28. The average Bonchev–Trinajstić information content (AvgIpc) is 2.49. The molecule has 0 aromatic heterocycles. The molecule has 1 saturated heterocycles. The van der Waals surface area contributed by atoms with Crippen molar-refractivity contribution in [1.29, 1.82) is 0 Å². The molecule has 0 bridgehead atoms. The third kappa shape index (κ3) is 5.75. The number of aliphatic hydroxyl groups excluding tert-OH is 1. The van der Waals surface area contributed by atoms with Crippen LogP contribution in [0, 0.1) is 0 Å². The topological polar surface area (TPSA) is 35.9 Å². The standard InChI is InChI=1S/C17H28N2O2/c1-18-10-8-16(9-11-18)19(2)12-17(20)14-21-13-15-6-4-3-5-7-15/h3-7,16-17,20H,8-14H2,1-2H3. The van der Waals surface area contributed by atoms with Crippen molar-refractivity contribution in [3.8, 4) is 0 Å². The highest BCUT2D eigenvalue weighted by Gasteiger charge is 2.22. The lowest BCUT2D eigenvalue weighted by Crippen LogP contribution is -2.45. The number of likely N-dealkylation sites (tertiary alicyclic amines) is 1. The van der Waals surface area contributed by atoms with Crippen molar-refractivity contribution in [3.63, 3.8) is 0 Å². The van der Waals surface area contributed by atoms with Gasteiger partial charge in [-0.25, -0.2) is 0 Å². The highest BCUT2D eigenvalue weighted by atomic mass is 16.5. The molecular formula is C17H28N2O2. The number of ether oxygens (including phenoxy) is 1. The molecule has 4 heteroatoms. The van der Waals surface area contributed by atoms with E-state index < -0.39 is 6.10 Å². The number of hydrogen-bond acceptors (Lipinski definition) is 4. The van der Waals surface area contributed by atoms with E-state index in [0.29, 0.717) is 25.8 Å². The lowest BCUT2D eigenvalue weighted by molar-refractivity contribution is 0.00282. The van der Waals surface area contributed by atoms with Gasteiger partial charge in [-0.15, -0.1) is 0 Å². The molecule has 1 aliphatic rings. The van der Waals surface area contributed by atoms with Crippen LogP contribution in [0.5, 0.6) is 0 Å². The molecule has 1 aromatic carbocycles. The summed E-state index contributed by atoms with van der Waals surface area (Å²) in [6.45, 7) is 3.94. The number of likely N-dealkylation sites (N-methyl/N-ethyl adjacent to an activating group) is 1. The summed E-state index contributed by atoms with van der Waals surface area (Å²) in [5.74, 6) is 0. The minimum Gasteiger partial charge on any atom is -0.389 e. The van der Waals surface area contributed by atoms with Crippen LogP contribution >= 0.6 is 0 Å². The third-order valence-electron chi connectivity index (χ3n) is 4.23. The van der Waals surface area contributed by atoms with E-state index in [2.05, 4.69) is 23.9 Å². The predicted octanol–water partition coefficient (Wildman–Crippen LogP) is 1.59. The van der Waals surface area contributed by atoms with Crippen molar-refractivity contribution >= 4 is 0 Å². The van der Waals surface area contributed by atoms with Crippen LogP contribution in [0.15, 0.2) is 30.3 Å². The molecule has 0 saturated carbocycles. The van der Waals surface area contributed by atoms with E-state index in [1.807, 2.05) is 30.3 Å². The Morgan fingerprint density at radius 1 is 1.29 bits per heavy atom. The quantitative estimate of drug-likeness (QED) is 0.828. The van der Waals surface area contributed by atoms with E-state index in [9.17, 15) is 5.11 Å². The van der Waals surface area contributed by atoms with Crippen LogP contribution in [0.2, 0.25) is 0 Å². The molecule has 0 amide bonds. The van der Waals surface area contributed by atoms with Gasteiger partial charge in [0.25, 0.3) is 0 Å². The zero-order valence-electron chi connectivity index (χ0n) is 13.2. The van der Waals surface area contributed by atoms with Crippen molar-refractivity contribution in [1.82, 2.24) is 9.80 Å². The van der Waals surface area contributed by atoms with Gasteiger partial charge in [-0.1, -0.05) is 30.3 Å². The van der Waals surface area contributed by atoms with E-state index in [1.165, 1.54) is 12.8 Å². The lowest BCUT2D eigenvalue weighted by Gasteiger charge is -2.35. The number of rotatable bonds is 7. The fourth-order valence-electron chi connectivity index (χ4n) is 2.86. The number of piperidine rings is 1. The normalized spacial score (nSPS) is 19.0. The average molecular weight is 292 g/mol.